The summed E-state index contributed by atoms with van der Waals surface area (Å²) in [4.78, 5) is 0. The molecule has 1 N–H and O–H groups in total. The summed E-state index contributed by atoms with van der Waals surface area (Å²) >= 11 is 0. The van der Waals surface area contributed by atoms with Crippen LogP contribution >= 0.6 is 0 Å². The van der Waals surface area contributed by atoms with E-state index in [4.69, 9.17) is 0 Å². The van der Waals surface area contributed by atoms with E-state index in [1.54, 1.807) is 12.1 Å². The minimum atomic E-state index is -0.114. The number of rotatable bonds is 0. The highest BCUT2D eigenvalue weighted by Crippen LogP contribution is 2.35. The van der Waals surface area contributed by atoms with Crippen molar-refractivity contribution in [1.82, 2.24) is 0 Å². The highest BCUT2D eigenvalue weighted by atomic mass is 19.1. The zero-order valence-corrected chi connectivity index (χ0v) is 8.95. The second kappa shape index (κ2) is 2.97. The number of hydrogen-bond acceptors (Lipinski definition) is 1. The Bertz CT molecular complexity index is 363. The van der Waals surface area contributed by atoms with Crippen molar-refractivity contribution in [2.24, 2.45) is 0 Å². The maximum absolute atomic E-state index is 13.3. The first kappa shape index (κ1) is 9.50. The summed E-state index contributed by atoms with van der Waals surface area (Å²) in [6.07, 6.45) is 0.941. The van der Waals surface area contributed by atoms with Crippen molar-refractivity contribution in [3.63, 3.8) is 0 Å². The SMILES string of the molecule is CC(C)(C)c1cc(F)cc2c1NCC2. The monoisotopic (exact) mass is 193 g/mol. The molecule has 1 aromatic rings. The maximum Gasteiger partial charge on any atom is 0.123 e. The molecular formula is C12H16FN. The van der Waals surface area contributed by atoms with E-state index in [9.17, 15) is 4.39 Å². The zero-order valence-electron chi connectivity index (χ0n) is 8.95. The van der Waals surface area contributed by atoms with Gasteiger partial charge in [0, 0.05) is 12.2 Å². The molecule has 0 fully saturated rings. The Morgan fingerprint density at radius 1 is 1.29 bits per heavy atom. The Balaban J connectivity index is 2.60. The Morgan fingerprint density at radius 3 is 2.64 bits per heavy atom. The van der Waals surface area contributed by atoms with E-state index in [0.29, 0.717) is 0 Å². The smallest absolute Gasteiger partial charge is 0.123 e. The number of halogens is 1. The van der Waals surface area contributed by atoms with E-state index in [1.807, 2.05) is 0 Å². The molecule has 1 aliphatic rings. The predicted molar refractivity (Wildman–Crippen MR) is 57.3 cm³/mol. The van der Waals surface area contributed by atoms with Crippen molar-refractivity contribution in [1.29, 1.82) is 0 Å². The minimum Gasteiger partial charge on any atom is -0.384 e. The summed E-state index contributed by atoms with van der Waals surface area (Å²) in [5, 5.41) is 3.34. The molecule has 0 radical (unpaired) electrons. The van der Waals surface area contributed by atoms with Gasteiger partial charge in [-0.1, -0.05) is 20.8 Å². The van der Waals surface area contributed by atoms with Gasteiger partial charge in [0.05, 0.1) is 0 Å². The first-order valence-corrected chi connectivity index (χ1v) is 5.05. The summed E-state index contributed by atoms with van der Waals surface area (Å²) in [6.45, 7) is 7.27. The molecule has 0 aliphatic carbocycles. The lowest BCUT2D eigenvalue weighted by atomic mass is 9.84. The van der Waals surface area contributed by atoms with Crippen LogP contribution in [0.15, 0.2) is 12.1 Å². The first-order valence-electron chi connectivity index (χ1n) is 5.05. The summed E-state index contributed by atoms with van der Waals surface area (Å²) in [5.74, 6) is -0.114. The molecule has 2 rings (SSSR count). The third-order valence-electron chi connectivity index (χ3n) is 2.69. The molecule has 0 saturated heterocycles. The second-order valence-electron chi connectivity index (χ2n) is 4.91. The highest BCUT2D eigenvalue weighted by Gasteiger charge is 2.23. The molecule has 1 heterocycles. The van der Waals surface area contributed by atoms with Crippen LogP contribution in [0.1, 0.15) is 31.9 Å². The molecule has 0 spiro atoms. The Morgan fingerprint density at radius 2 is 2.00 bits per heavy atom. The van der Waals surface area contributed by atoms with Gasteiger partial charge >= 0.3 is 0 Å². The van der Waals surface area contributed by atoms with Crippen LogP contribution in [0.4, 0.5) is 10.1 Å². The van der Waals surface area contributed by atoms with E-state index in [-0.39, 0.29) is 11.2 Å². The maximum atomic E-state index is 13.3. The summed E-state index contributed by atoms with van der Waals surface area (Å²) in [6, 6.07) is 3.29. The third-order valence-corrected chi connectivity index (χ3v) is 2.69. The Hall–Kier alpha value is -1.05. The third kappa shape index (κ3) is 1.49. The molecule has 0 unspecified atom stereocenters. The minimum absolute atomic E-state index is 0.00350. The molecule has 1 aromatic carbocycles. The van der Waals surface area contributed by atoms with Crippen molar-refractivity contribution in [3.8, 4) is 0 Å². The quantitative estimate of drug-likeness (QED) is 0.667. The summed E-state index contributed by atoms with van der Waals surface area (Å²) in [7, 11) is 0. The van der Waals surface area contributed by atoms with Gasteiger partial charge in [-0.2, -0.15) is 0 Å². The number of fused-ring (bicyclic) bond motifs is 1. The average molecular weight is 193 g/mol. The molecule has 0 aromatic heterocycles. The number of benzene rings is 1. The van der Waals surface area contributed by atoms with Crippen LogP contribution in [0.25, 0.3) is 0 Å². The van der Waals surface area contributed by atoms with E-state index >= 15 is 0 Å². The van der Waals surface area contributed by atoms with Crippen LogP contribution in [0.5, 0.6) is 0 Å². The van der Waals surface area contributed by atoms with Crippen LogP contribution in [0.2, 0.25) is 0 Å². The van der Waals surface area contributed by atoms with E-state index < -0.39 is 0 Å². The van der Waals surface area contributed by atoms with Gasteiger partial charge in [0.2, 0.25) is 0 Å². The van der Waals surface area contributed by atoms with Gasteiger partial charge in [-0.05, 0) is 35.1 Å². The summed E-state index contributed by atoms with van der Waals surface area (Å²) in [5.41, 5.74) is 3.36. The fraction of sp³-hybridized carbons (Fsp3) is 0.500. The molecule has 1 aliphatic heterocycles. The van der Waals surface area contributed by atoms with Crippen LogP contribution in [0, 0.1) is 5.82 Å². The van der Waals surface area contributed by atoms with Gasteiger partial charge in [0.1, 0.15) is 5.82 Å². The number of anilines is 1. The standard InChI is InChI=1S/C12H16FN/c1-12(2,3)10-7-9(13)6-8-4-5-14-11(8)10/h6-7,14H,4-5H2,1-3H3. The van der Waals surface area contributed by atoms with Crippen molar-refractivity contribution in [2.75, 3.05) is 11.9 Å². The number of hydrogen-bond donors (Lipinski definition) is 1. The Kier molecular flexibility index (Phi) is 2.02. The average Bonchev–Trinajstić information content (AvgIpc) is 2.47. The first-order chi connectivity index (χ1) is 6.48. The van der Waals surface area contributed by atoms with Gasteiger partial charge in [0.25, 0.3) is 0 Å². The van der Waals surface area contributed by atoms with Gasteiger partial charge in [0.15, 0.2) is 0 Å². The van der Waals surface area contributed by atoms with Crippen LogP contribution in [-0.4, -0.2) is 6.54 Å². The van der Waals surface area contributed by atoms with Gasteiger partial charge in [-0.25, -0.2) is 4.39 Å². The zero-order chi connectivity index (χ0) is 10.3. The fourth-order valence-electron chi connectivity index (χ4n) is 1.98. The van der Waals surface area contributed by atoms with Crippen LogP contribution in [0.3, 0.4) is 0 Å². The van der Waals surface area contributed by atoms with E-state index in [2.05, 4.69) is 26.1 Å². The van der Waals surface area contributed by atoms with Gasteiger partial charge in [-0.3, -0.25) is 0 Å². The van der Waals surface area contributed by atoms with E-state index in [0.717, 1.165) is 29.8 Å². The van der Waals surface area contributed by atoms with Crippen LogP contribution in [-0.2, 0) is 11.8 Å². The van der Waals surface area contributed by atoms with Crippen LogP contribution < -0.4 is 5.32 Å². The molecule has 0 atom stereocenters. The molecule has 1 nitrogen and oxygen atoms in total. The molecule has 0 amide bonds. The van der Waals surface area contributed by atoms with Crippen molar-refractivity contribution in [3.05, 3.63) is 29.1 Å². The lowest BCUT2D eigenvalue weighted by Gasteiger charge is -2.22. The number of nitrogens with one attached hydrogen (secondary N) is 1. The molecule has 2 heteroatoms. The largest absolute Gasteiger partial charge is 0.384 e. The van der Waals surface area contributed by atoms with E-state index in [1.165, 1.54) is 0 Å². The van der Waals surface area contributed by atoms with Crippen molar-refractivity contribution in [2.45, 2.75) is 32.6 Å². The lowest BCUT2D eigenvalue weighted by Crippen LogP contribution is -2.14. The van der Waals surface area contributed by atoms with Gasteiger partial charge < -0.3 is 5.32 Å². The molecule has 14 heavy (non-hydrogen) atoms. The topological polar surface area (TPSA) is 12.0 Å². The molecule has 0 bridgehead atoms. The highest BCUT2D eigenvalue weighted by molar-refractivity contribution is 5.63. The lowest BCUT2D eigenvalue weighted by molar-refractivity contribution is 0.573. The molecule has 76 valence electrons. The molecular weight excluding hydrogens is 177 g/mol. The van der Waals surface area contributed by atoms with Gasteiger partial charge in [-0.15, -0.1) is 0 Å². The predicted octanol–water partition coefficient (Wildman–Crippen LogP) is 3.09. The summed E-state index contributed by atoms with van der Waals surface area (Å²) < 4.78 is 13.3. The fourth-order valence-corrected chi connectivity index (χ4v) is 1.98. The molecule has 0 saturated carbocycles. The second-order valence-corrected chi connectivity index (χ2v) is 4.91. The Labute approximate surface area is 84.3 Å². The van der Waals surface area contributed by atoms with Crippen molar-refractivity contribution < 1.29 is 4.39 Å². The van der Waals surface area contributed by atoms with Crippen molar-refractivity contribution >= 4 is 5.69 Å². The normalized spacial score (nSPS) is 15.1.